The number of carbonyl (C=O) groups is 3. The molecule has 0 unspecified atom stereocenters. The van der Waals surface area contributed by atoms with Gasteiger partial charge in [-0.2, -0.15) is 0 Å². The van der Waals surface area contributed by atoms with E-state index in [9.17, 15) is 14.4 Å². The van der Waals surface area contributed by atoms with Crippen molar-refractivity contribution in [3.8, 4) is 0 Å². The van der Waals surface area contributed by atoms with Gasteiger partial charge in [0.05, 0.1) is 5.69 Å². The Kier molecular flexibility index (Phi) is 5.11. The van der Waals surface area contributed by atoms with Gasteiger partial charge in [-0.3, -0.25) is 14.9 Å². The lowest BCUT2D eigenvalue weighted by Crippen LogP contribution is -2.54. The maximum absolute atomic E-state index is 13.3. The number of benzene rings is 3. The van der Waals surface area contributed by atoms with Gasteiger partial charge in [0.2, 0.25) is 0 Å². The zero-order chi connectivity index (χ0) is 22.9. The van der Waals surface area contributed by atoms with Crippen molar-refractivity contribution in [3.05, 3.63) is 107 Å². The van der Waals surface area contributed by atoms with Gasteiger partial charge in [0, 0.05) is 29.2 Å². The molecule has 1 N–H and O–H groups in total. The summed E-state index contributed by atoms with van der Waals surface area (Å²) in [6.45, 7) is 2.53. The molecule has 5 rings (SSSR count). The van der Waals surface area contributed by atoms with Crippen LogP contribution in [0.1, 0.15) is 16.7 Å². The summed E-state index contributed by atoms with van der Waals surface area (Å²) >= 11 is 0. The van der Waals surface area contributed by atoms with Gasteiger partial charge in [-0.25, -0.2) is 9.69 Å². The lowest BCUT2D eigenvalue weighted by atomic mass is 10.1. The molecule has 0 saturated carbocycles. The van der Waals surface area contributed by atoms with Gasteiger partial charge < -0.3 is 4.57 Å². The number of amides is 4. The first-order valence-corrected chi connectivity index (χ1v) is 10.6. The summed E-state index contributed by atoms with van der Waals surface area (Å²) < 4.78 is 2.09. The summed E-state index contributed by atoms with van der Waals surface area (Å²) in [4.78, 5) is 39.4. The minimum Gasteiger partial charge on any atom is -0.342 e. The van der Waals surface area contributed by atoms with Crippen molar-refractivity contribution >= 4 is 40.5 Å². The third-order valence-electron chi connectivity index (χ3n) is 5.68. The minimum atomic E-state index is -0.751. The van der Waals surface area contributed by atoms with E-state index in [1.54, 1.807) is 24.3 Å². The van der Waals surface area contributed by atoms with Crippen molar-refractivity contribution < 1.29 is 14.4 Å². The molecule has 4 amide bonds. The first kappa shape index (κ1) is 20.5. The molecule has 6 heteroatoms. The number of anilines is 1. The van der Waals surface area contributed by atoms with Crippen molar-refractivity contribution in [1.29, 1.82) is 0 Å². The van der Waals surface area contributed by atoms with Crippen molar-refractivity contribution in [1.82, 2.24) is 9.88 Å². The van der Waals surface area contributed by atoms with Crippen LogP contribution in [-0.2, 0) is 16.1 Å². The number of nitrogens with zero attached hydrogens (tertiary/aromatic N) is 2. The molecule has 0 aliphatic carbocycles. The molecule has 162 valence electrons. The average molecular weight is 435 g/mol. The second kappa shape index (κ2) is 8.24. The van der Waals surface area contributed by atoms with E-state index >= 15 is 0 Å². The average Bonchev–Trinajstić information content (AvgIpc) is 3.14. The summed E-state index contributed by atoms with van der Waals surface area (Å²) in [6.07, 6.45) is 3.50. The largest absolute Gasteiger partial charge is 0.342 e. The molecule has 3 aromatic carbocycles. The number of hydrogen-bond acceptors (Lipinski definition) is 3. The van der Waals surface area contributed by atoms with E-state index in [4.69, 9.17) is 0 Å². The fourth-order valence-corrected chi connectivity index (χ4v) is 4.12. The summed E-state index contributed by atoms with van der Waals surface area (Å²) in [5.41, 5.74) is 4.10. The van der Waals surface area contributed by atoms with Crippen LogP contribution < -0.4 is 10.2 Å². The van der Waals surface area contributed by atoms with E-state index in [-0.39, 0.29) is 5.57 Å². The number of fused-ring (bicyclic) bond motifs is 1. The first-order chi connectivity index (χ1) is 16.0. The highest BCUT2D eigenvalue weighted by molar-refractivity contribution is 6.39. The third-order valence-corrected chi connectivity index (χ3v) is 5.68. The Morgan fingerprint density at radius 1 is 0.879 bits per heavy atom. The van der Waals surface area contributed by atoms with Crippen LogP contribution in [0, 0.1) is 6.92 Å². The first-order valence-electron chi connectivity index (χ1n) is 10.6. The Hall–Kier alpha value is -4.45. The number of imide groups is 2. The van der Waals surface area contributed by atoms with E-state index in [0.29, 0.717) is 12.2 Å². The van der Waals surface area contributed by atoms with Gasteiger partial charge >= 0.3 is 6.03 Å². The van der Waals surface area contributed by atoms with Crippen molar-refractivity contribution in [2.75, 3.05) is 4.90 Å². The number of para-hydroxylation sites is 1. The standard InChI is InChI=1S/C27H21N3O3/c1-18-8-7-11-21(14-18)30-26(32)23(25(31)28-27(30)33)15-20-17-29(16-19-9-3-2-4-10-19)24-13-6-5-12-22(20)24/h2-15,17H,16H2,1H3,(H,28,31,33)/b23-15-. The van der Waals surface area contributed by atoms with Crippen LogP contribution in [0.5, 0.6) is 0 Å². The van der Waals surface area contributed by atoms with Crippen LogP contribution in [0.3, 0.4) is 0 Å². The fourth-order valence-electron chi connectivity index (χ4n) is 4.12. The van der Waals surface area contributed by atoms with E-state index in [1.807, 2.05) is 61.7 Å². The molecular formula is C27H21N3O3. The van der Waals surface area contributed by atoms with Crippen LogP contribution in [0.4, 0.5) is 10.5 Å². The monoisotopic (exact) mass is 435 g/mol. The van der Waals surface area contributed by atoms with Crippen molar-refractivity contribution in [2.24, 2.45) is 0 Å². The molecule has 6 nitrogen and oxygen atoms in total. The van der Waals surface area contributed by atoms with Gasteiger partial charge in [-0.15, -0.1) is 0 Å². The molecule has 0 atom stereocenters. The molecule has 4 aromatic rings. The molecule has 0 bridgehead atoms. The number of aryl methyl sites for hydroxylation is 1. The molecule has 1 aliphatic heterocycles. The molecule has 0 radical (unpaired) electrons. The number of carbonyl (C=O) groups excluding carboxylic acids is 3. The van der Waals surface area contributed by atoms with Crippen LogP contribution in [0.2, 0.25) is 0 Å². The third kappa shape index (κ3) is 3.83. The number of barbiturate groups is 1. The Bertz CT molecular complexity index is 1430. The van der Waals surface area contributed by atoms with Crippen molar-refractivity contribution in [2.45, 2.75) is 13.5 Å². The Balaban J connectivity index is 1.58. The maximum Gasteiger partial charge on any atom is 0.335 e. The van der Waals surface area contributed by atoms with Crippen LogP contribution in [0.15, 0.2) is 90.6 Å². The quantitative estimate of drug-likeness (QED) is 0.374. The van der Waals surface area contributed by atoms with Crippen LogP contribution in [0.25, 0.3) is 17.0 Å². The molecule has 1 fully saturated rings. The zero-order valence-corrected chi connectivity index (χ0v) is 18.0. The summed E-state index contributed by atoms with van der Waals surface area (Å²) in [7, 11) is 0. The molecular weight excluding hydrogens is 414 g/mol. The molecule has 1 saturated heterocycles. The van der Waals surface area contributed by atoms with Crippen LogP contribution >= 0.6 is 0 Å². The molecule has 1 aromatic heterocycles. The van der Waals surface area contributed by atoms with Gasteiger partial charge in [-0.05, 0) is 42.3 Å². The van der Waals surface area contributed by atoms with Gasteiger partial charge in [0.15, 0.2) is 0 Å². The number of nitrogens with one attached hydrogen (secondary N) is 1. The predicted molar refractivity (Wildman–Crippen MR) is 128 cm³/mol. The number of hydrogen-bond donors (Lipinski definition) is 1. The van der Waals surface area contributed by atoms with Gasteiger partial charge in [0.1, 0.15) is 5.57 Å². The molecule has 33 heavy (non-hydrogen) atoms. The van der Waals surface area contributed by atoms with Crippen LogP contribution in [-0.4, -0.2) is 22.4 Å². The van der Waals surface area contributed by atoms with E-state index in [1.165, 1.54) is 0 Å². The lowest BCUT2D eigenvalue weighted by Gasteiger charge is -2.26. The predicted octanol–water partition coefficient (Wildman–Crippen LogP) is 4.66. The SMILES string of the molecule is Cc1cccc(N2C(=O)NC(=O)/C(=C/c3cn(Cc4ccccc4)c4ccccc34)C2=O)c1. The Morgan fingerprint density at radius 2 is 1.64 bits per heavy atom. The highest BCUT2D eigenvalue weighted by Crippen LogP contribution is 2.27. The highest BCUT2D eigenvalue weighted by Gasteiger charge is 2.37. The number of aromatic nitrogens is 1. The Labute approximate surface area is 190 Å². The normalized spacial score (nSPS) is 15.4. The second-order valence-electron chi connectivity index (χ2n) is 8.01. The topological polar surface area (TPSA) is 71.4 Å². The molecule has 0 spiro atoms. The van der Waals surface area contributed by atoms with Gasteiger partial charge in [-0.1, -0.05) is 60.7 Å². The van der Waals surface area contributed by atoms with Gasteiger partial charge in [0.25, 0.3) is 11.8 Å². The van der Waals surface area contributed by atoms with E-state index in [2.05, 4.69) is 22.0 Å². The molecule has 1 aliphatic rings. The van der Waals surface area contributed by atoms with Crippen molar-refractivity contribution in [3.63, 3.8) is 0 Å². The summed E-state index contributed by atoms with van der Waals surface area (Å²) in [5, 5.41) is 3.21. The summed E-state index contributed by atoms with van der Waals surface area (Å²) in [5.74, 6) is -1.34. The van der Waals surface area contributed by atoms with E-state index < -0.39 is 17.8 Å². The Morgan fingerprint density at radius 3 is 2.42 bits per heavy atom. The molecule has 2 heterocycles. The van der Waals surface area contributed by atoms with E-state index in [0.717, 1.165) is 32.5 Å². The zero-order valence-electron chi connectivity index (χ0n) is 18.0. The lowest BCUT2D eigenvalue weighted by molar-refractivity contribution is -0.122. The smallest absolute Gasteiger partial charge is 0.335 e. The summed E-state index contributed by atoms with van der Waals surface area (Å²) in [6, 6.07) is 24.2. The highest BCUT2D eigenvalue weighted by atomic mass is 16.2. The number of rotatable bonds is 4. The second-order valence-corrected chi connectivity index (χ2v) is 8.01. The maximum atomic E-state index is 13.3. The fraction of sp³-hybridized carbons (Fsp3) is 0.0741. The minimum absolute atomic E-state index is 0.0845. The number of urea groups is 1.